The molecule has 0 aliphatic carbocycles. The number of aromatic nitrogens is 1. The SMILES string of the molecule is Cc1cccc(N2CCN(Cc3cccn3C)CC2C)c1. The lowest BCUT2D eigenvalue weighted by Crippen LogP contribution is -2.51. The van der Waals surface area contributed by atoms with Crippen molar-refractivity contribution in [3.63, 3.8) is 0 Å². The van der Waals surface area contributed by atoms with Gasteiger partial charge in [-0.2, -0.15) is 0 Å². The van der Waals surface area contributed by atoms with E-state index < -0.39 is 0 Å². The first-order chi connectivity index (χ1) is 10.1. The summed E-state index contributed by atoms with van der Waals surface area (Å²) in [6.45, 7) is 8.91. The van der Waals surface area contributed by atoms with E-state index in [1.807, 2.05) is 0 Å². The van der Waals surface area contributed by atoms with E-state index in [0.717, 1.165) is 26.2 Å². The first-order valence-electron chi connectivity index (χ1n) is 7.79. The van der Waals surface area contributed by atoms with Gasteiger partial charge in [0.25, 0.3) is 0 Å². The van der Waals surface area contributed by atoms with Crippen LogP contribution in [0.25, 0.3) is 0 Å². The van der Waals surface area contributed by atoms with Crippen LogP contribution >= 0.6 is 0 Å². The van der Waals surface area contributed by atoms with Crippen molar-refractivity contribution in [2.75, 3.05) is 24.5 Å². The Balaban J connectivity index is 1.65. The molecular weight excluding hydrogens is 258 g/mol. The molecular formula is C18H25N3. The zero-order valence-electron chi connectivity index (χ0n) is 13.3. The molecule has 0 amide bonds. The Kier molecular flexibility index (Phi) is 4.02. The highest BCUT2D eigenvalue weighted by Crippen LogP contribution is 2.22. The lowest BCUT2D eigenvalue weighted by atomic mass is 10.1. The van der Waals surface area contributed by atoms with Gasteiger partial charge < -0.3 is 9.47 Å². The predicted octanol–water partition coefficient (Wildman–Crippen LogP) is 3.04. The first-order valence-corrected chi connectivity index (χ1v) is 7.79. The van der Waals surface area contributed by atoms with Crippen LogP contribution in [-0.4, -0.2) is 35.1 Å². The molecule has 1 unspecified atom stereocenters. The van der Waals surface area contributed by atoms with Crippen molar-refractivity contribution in [2.24, 2.45) is 7.05 Å². The van der Waals surface area contributed by atoms with Crippen molar-refractivity contribution >= 4 is 5.69 Å². The summed E-state index contributed by atoms with van der Waals surface area (Å²) in [4.78, 5) is 5.10. The molecule has 3 rings (SSSR count). The second kappa shape index (κ2) is 5.94. The van der Waals surface area contributed by atoms with Gasteiger partial charge in [-0.1, -0.05) is 12.1 Å². The Labute approximate surface area is 127 Å². The largest absolute Gasteiger partial charge is 0.366 e. The van der Waals surface area contributed by atoms with Crippen LogP contribution in [-0.2, 0) is 13.6 Å². The van der Waals surface area contributed by atoms with Crippen molar-refractivity contribution in [3.8, 4) is 0 Å². The van der Waals surface area contributed by atoms with Gasteiger partial charge in [0.2, 0.25) is 0 Å². The van der Waals surface area contributed by atoms with Gasteiger partial charge in [0.1, 0.15) is 0 Å². The van der Waals surface area contributed by atoms with E-state index >= 15 is 0 Å². The summed E-state index contributed by atoms with van der Waals surface area (Å²) < 4.78 is 2.22. The maximum Gasteiger partial charge on any atom is 0.0389 e. The van der Waals surface area contributed by atoms with Gasteiger partial charge >= 0.3 is 0 Å². The van der Waals surface area contributed by atoms with Crippen LogP contribution in [0.3, 0.4) is 0 Å². The summed E-state index contributed by atoms with van der Waals surface area (Å²) in [5.41, 5.74) is 4.10. The third-order valence-electron chi connectivity index (χ3n) is 4.48. The Hall–Kier alpha value is -1.74. The van der Waals surface area contributed by atoms with E-state index in [-0.39, 0.29) is 0 Å². The molecule has 2 aromatic rings. The predicted molar refractivity (Wildman–Crippen MR) is 88.7 cm³/mol. The summed E-state index contributed by atoms with van der Waals surface area (Å²) in [7, 11) is 2.13. The summed E-state index contributed by atoms with van der Waals surface area (Å²) in [6.07, 6.45) is 2.13. The highest BCUT2D eigenvalue weighted by molar-refractivity contribution is 5.49. The van der Waals surface area contributed by atoms with Gasteiger partial charge in [-0.3, -0.25) is 4.90 Å². The van der Waals surface area contributed by atoms with E-state index in [2.05, 4.69) is 77.9 Å². The van der Waals surface area contributed by atoms with Crippen LogP contribution in [0.15, 0.2) is 42.6 Å². The molecule has 0 saturated carbocycles. The minimum absolute atomic E-state index is 0.556. The monoisotopic (exact) mass is 283 g/mol. The fourth-order valence-corrected chi connectivity index (χ4v) is 3.26. The van der Waals surface area contributed by atoms with Crippen LogP contribution in [0.4, 0.5) is 5.69 Å². The average molecular weight is 283 g/mol. The molecule has 1 saturated heterocycles. The fourth-order valence-electron chi connectivity index (χ4n) is 3.26. The third kappa shape index (κ3) is 3.13. The number of piperazine rings is 1. The third-order valence-corrected chi connectivity index (χ3v) is 4.48. The molecule has 3 nitrogen and oxygen atoms in total. The lowest BCUT2D eigenvalue weighted by molar-refractivity contribution is 0.217. The second-order valence-electron chi connectivity index (χ2n) is 6.23. The maximum absolute atomic E-state index is 2.56. The Bertz CT molecular complexity index is 602. The molecule has 1 aliphatic heterocycles. The molecule has 1 aliphatic rings. The van der Waals surface area contributed by atoms with Crippen LogP contribution in [0.2, 0.25) is 0 Å². The van der Waals surface area contributed by atoms with Crippen molar-refractivity contribution in [1.82, 2.24) is 9.47 Å². The number of hydrogen-bond acceptors (Lipinski definition) is 2. The topological polar surface area (TPSA) is 11.4 Å². The van der Waals surface area contributed by atoms with Gasteiger partial charge in [0.05, 0.1) is 0 Å². The van der Waals surface area contributed by atoms with Crippen molar-refractivity contribution < 1.29 is 0 Å². The van der Waals surface area contributed by atoms with Gasteiger partial charge in [-0.25, -0.2) is 0 Å². The highest BCUT2D eigenvalue weighted by Gasteiger charge is 2.24. The molecule has 1 aromatic carbocycles. The zero-order chi connectivity index (χ0) is 14.8. The Morgan fingerprint density at radius 3 is 2.67 bits per heavy atom. The number of benzene rings is 1. The van der Waals surface area contributed by atoms with Crippen molar-refractivity contribution in [3.05, 3.63) is 53.9 Å². The number of nitrogens with zero attached hydrogens (tertiary/aromatic N) is 3. The van der Waals surface area contributed by atoms with Crippen molar-refractivity contribution in [1.29, 1.82) is 0 Å². The van der Waals surface area contributed by atoms with Crippen LogP contribution in [0.1, 0.15) is 18.2 Å². The molecule has 21 heavy (non-hydrogen) atoms. The summed E-state index contributed by atoms with van der Waals surface area (Å²) in [5, 5.41) is 0. The molecule has 1 atom stereocenters. The van der Waals surface area contributed by atoms with Gasteiger partial charge in [0, 0.05) is 56.8 Å². The van der Waals surface area contributed by atoms with E-state index in [1.54, 1.807) is 0 Å². The minimum atomic E-state index is 0.556. The molecule has 0 spiro atoms. The standard InChI is InChI=1S/C18H25N3/c1-15-6-4-7-17(12-15)21-11-10-20(13-16(21)2)14-18-8-5-9-19(18)3/h4-9,12,16H,10-11,13-14H2,1-3H3. The van der Waals surface area contributed by atoms with Crippen molar-refractivity contribution in [2.45, 2.75) is 26.4 Å². The summed E-state index contributed by atoms with van der Waals surface area (Å²) in [5.74, 6) is 0. The molecule has 0 radical (unpaired) electrons. The van der Waals surface area contributed by atoms with Crippen LogP contribution in [0, 0.1) is 6.92 Å². The van der Waals surface area contributed by atoms with E-state index in [0.29, 0.717) is 6.04 Å². The lowest BCUT2D eigenvalue weighted by Gasteiger charge is -2.41. The molecule has 112 valence electrons. The number of anilines is 1. The number of aryl methyl sites for hydroxylation is 2. The number of rotatable bonds is 3. The molecule has 2 heterocycles. The van der Waals surface area contributed by atoms with Crippen LogP contribution < -0.4 is 4.90 Å². The first kappa shape index (κ1) is 14.2. The van der Waals surface area contributed by atoms with E-state index in [9.17, 15) is 0 Å². The quantitative estimate of drug-likeness (QED) is 0.858. The summed E-state index contributed by atoms with van der Waals surface area (Å²) in [6, 6.07) is 13.8. The van der Waals surface area contributed by atoms with Gasteiger partial charge in [-0.05, 0) is 43.7 Å². The normalized spacial score (nSPS) is 20.0. The second-order valence-corrected chi connectivity index (χ2v) is 6.23. The minimum Gasteiger partial charge on any atom is -0.366 e. The average Bonchev–Trinajstić information content (AvgIpc) is 2.84. The molecule has 0 N–H and O–H groups in total. The highest BCUT2D eigenvalue weighted by atomic mass is 15.3. The van der Waals surface area contributed by atoms with Crippen LogP contribution in [0.5, 0.6) is 0 Å². The summed E-state index contributed by atoms with van der Waals surface area (Å²) >= 11 is 0. The maximum atomic E-state index is 2.56. The van der Waals surface area contributed by atoms with E-state index in [1.165, 1.54) is 16.9 Å². The fraction of sp³-hybridized carbons (Fsp3) is 0.444. The van der Waals surface area contributed by atoms with Gasteiger partial charge in [0.15, 0.2) is 0 Å². The molecule has 1 fully saturated rings. The molecule has 0 bridgehead atoms. The van der Waals surface area contributed by atoms with Gasteiger partial charge in [-0.15, -0.1) is 0 Å². The van der Waals surface area contributed by atoms with E-state index in [4.69, 9.17) is 0 Å². The number of hydrogen-bond donors (Lipinski definition) is 0. The Morgan fingerprint density at radius 2 is 2.00 bits per heavy atom. The zero-order valence-corrected chi connectivity index (χ0v) is 13.3. The molecule has 3 heteroatoms. The Morgan fingerprint density at radius 1 is 1.14 bits per heavy atom. The molecule has 1 aromatic heterocycles. The smallest absolute Gasteiger partial charge is 0.0389 e.